The van der Waals surface area contributed by atoms with Gasteiger partial charge in [-0.15, -0.1) is 0 Å². The minimum Gasteiger partial charge on any atom is -0.481 e. The van der Waals surface area contributed by atoms with Crippen LogP contribution in [0.25, 0.3) is 0 Å². The van der Waals surface area contributed by atoms with E-state index in [4.69, 9.17) is 0 Å². The molecule has 0 aliphatic heterocycles. The Hall–Kier alpha value is -1.20. The third-order valence-corrected chi connectivity index (χ3v) is 6.71. The van der Waals surface area contributed by atoms with Gasteiger partial charge >= 0.3 is 5.97 Å². The van der Waals surface area contributed by atoms with Gasteiger partial charge in [-0.05, 0) is 50.2 Å². The molecule has 2 fully saturated rings. The van der Waals surface area contributed by atoms with E-state index in [0.29, 0.717) is 18.4 Å². The minimum absolute atomic E-state index is 0.0717. The van der Waals surface area contributed by atoms with Crippen molar-refractivity contribution in [1.82, 2.24) is 0 Å². The Balaban J connectivity index is 2.14. The first kappa shape index (κ1) is 15.7. The molecule has 3 aliphatic carbocycles. The quantitative estimate of drug-likeness (QED) is 0.685. The zero-order valence-corrected chi connectivity index (χ0v) is 13.1. The molecule has 0 aromatic carbocycles. The Labute approximate surface area is 130 Å². The summed E-state index contributed by atoms with van der Waals surface area (Å²) in [4.78, 5) is 23.6. The van der Waals surface area contributed by atoms with Gasteiger partial charge in [0.1, 0.15) is 0 Å². The molecule has 2 saturated carbocycles. The number of carboxylic acids is 1. The second-order valence-electron chi connectivity index (χ2n) is 7.72. The Morgan fingerprint density at radius 2 is 1.95 bits per heavy atom. The fourth-order valence-corrected chi connectivity index (χ4v) is 5.30. The van der Waals surface area contributed by atoms with E-state index in [0.717, 1.165) is 12.8 Å². The smallest absolute Gasteiger partial charge is 0.309 e. The molecule has 0 spiro atoms. The number of allylic oxidation sites excluding steroid dienone is 1. The topological polar surface area (TPSA) is 94.8 Å². The molecule has 122 valence electrons. The van der Waals surface area contributed by atoms with Gasteiger partial charge in [-0.1, -0.05) is 13.3 Å². The van der Waals surface area contributed by atoms with E-state index >= 15 is 0 Å². The molecule has 5 atom stereocenters. The number of hydrogen-bond donors (Lipinski definition) is 3. The molecular formula is C17H24O5. The summed E-state index contributed by atoms with van der Waals surface area (Å²) in [6, 6.07) is 0. The van der Waals surface area contributed by atoms with Crippen LogP contribution in [0.5, 0.6) is 0 Å². The number of carbonyl (C=O) groups excluding carboxylic acids is 1. The van der Waals surface area contributed by atoms with E-state index in [2.05, 4.69) is 0 Å². The molecule has 5 unspecified atom stereocenters. The fourth-order valence-electron chi connectivity index (χ4n) is 5.30. The normalized spacial score (nSPS) is 48.2. The van der Waals surface area contributed by atoms with Crippen molar-refractivity contribution in [2.24, 2.45) is 16.7 Å². The van der Waals surface area contributed by atoms with Crippen LogP contribution in [0.2, 0.25) is 0 Å². The second-order valence-corrected chi connectivity index (χ2v) is 7.72. The molecule has 3 rings (SSSR count). The van der Waals surface area contributed by atoms with Gasteiger partial charge in [-0.25, -0.2) is 0 Å². The molecule has 22 heavy (non-hydrogen) atoms. The molecule has 0 radical (unpaired) electrons. The highest BCUT2D eigenvalue weighted by Crippen LogP contribution is 2.64. The van der Waals surface area contributed by atoms with Gasteiger partial charge in [0.2, 0.25) is 0 Å². The van der Waals surface area contributed by atoms with Crippen LogP contribution in [0.4, 0.5) is 0 Å². The largest absolute Gasteiger partial charge is 0.481 e. The van der Waals surface area contributed by atoms with Crippen molar-refractivity contribution in [3.63, 3.8) is 0 Å². The molecule has 0 saturated heterocycles. The van der Waals surface area contributed by atoms with E-state index in [-0.39, 0.29) is 24.5 Å². The summed E-state index contributed by atoms with van der Waals surface area (Å²) in [7, 11) is 0. The Kier molecular flexibility index (Phi) is 3.31. The highest BCUT2D eigenvalue weighted by Gasteiger charge is 2.66. The Bertz CT molecular complexity index is 567. The summed E-state index contributed by atoms with van der Waals surface area (Å²) >= 11 is 0. The van der Waals surface area contributed by atoms with Crippen LogP contribution in [0.1, 0.15) is 52.4 Å². The first-order valence-corrected chi connectivity index (χ1v) is 8.04. The van der Waals surface area contributed by atoms with Gasteiger partial charge in [-0.2, -0.15) is 0 Å². The van der Waals surface area contributed by atoms with E-state index in [1.807, 2.05) is 6.92 Å². The molecule has 0 bridgehead atoms. The number of carboxylic acid groups (broad SMARTS) is 1. The van der Waals surface area contributed by atoms with Crippen molar-refractivity contribution in [3.8, 4) is 0 Å². The van der Waals surface area contributed by atoms with Crippen LogP contribution < -0.4 is 0 Å². The maximum absolute atomic E-state index is 11.9. The fraction of sp³-hybridized carbons (Fsp3) is 0.765. The summed E-state index contributed by atoms with van der Waals surface area (Å²) in [5, 5.41) is 31.6. The first-order valence-electron chi connectivity index (χ1n) is 8.04. The number of fused-ring (bicyclic) bond motifs is 3. The summed E-state index contributed by atoms with van der Waals surface area (Å²) in [6.07, 6.45) is 3.28. The average molecular weight is 308 g/mol. The third-order valence-electron chi connectivity index (χ3n) is 6.71. The molecular weight excluding hydrogens is 284 g/mol. The summed E-state index contributed by atoms with van der Waals surface area (Å²) in [5.74, 6) is -1.24. The van der Waals surface area contributed by atoms with Crippen LogP contribution >= 0.6 is 0 Å². The van der Waals surface area contributed by atoms with Crippen molar-refractivity contribution in [3.05, 3.63) is 11.6 Å². The SMILES string of the molecule is CC1(C(=O)O)CCCC2(C)C1CC(O)C1=CC(=O)CCC12O. The first-order chi connectivity index (χ1) is 10.1. The van der Waals surface area contributed by atoms with E-state index in [9.17, 15) is 24.9 Å². The monoisotopic (exact) mass is 308 g/mol. The van der Waals surface area contributed by atoms with Crippen molar-refractivity contribution < 1.29 is 24.9 Å². The van der Waals surface area contributed by atoms with Gasteiger partial charge < -0.3 is 15.3 Å². The van der Waals surface area contributed by atoms with Gasteiger partial charge in [0.15, 0.2) is 5.78 Å². The number of carbonyl (C=O) groups is 2. The molecule has 3 N–H and O–H groups in total. The number of aliphatic hydroxyl groups excluding tert-OH is 1. The molecule has 3 aliphatic rings. The highest BCUT2D eigenvalue weighted by atomic mass is 16.4. The van der Waals surface area contributed by atoms with E-state index in [1.54, 1.807) is 6.92 Å². The average Bonchev–Trinajstić information content (AvgIpc) is 2.44. The van der Waals surface area contributed by atoms with Crippen molar-refractivity contribution in [1.29, 1.82) is 0 Å². The van der Waals surface area contributed by atoms with E-state index in [1.165, 1.54) is 6.08 Å². The lowest BCUT2D eigenvalue weighted by molar-refractivity contribution is -0.196. The van der Waals surface area contributed by atoms with E-state index < -0.39 is 28.5 Å². The predicted molar refractivity (Wildman–Crippen MR) is 79.1 cm³/mol. The number of aliphatic carboxylic acids is 1. The number of aliphatic hydroxyl groups is 2. The molecule has 5 heteroatoms. The Morgan fingerprint density at radius 1 is 1.27 bits per heavy atom. The van der Waals surface area contributed by atoms with Crippen LogP contribution in [0.15, 0.2) is 11.6 Å². The lowest BCUT2D eigenvalue weighted by Crippen LogP contribution is -2.65. The Morgan fingerprint density at radius 3 is 2.59 bits per heavy atom. The summed E-state index contributed by atoms with van der Waals surface area (Å²) < 4.78 is 0. The van der Waals surface area contributed by atoms with Gasteiger partial charge in [0.25, 0.3) is 0 Å². The number of hydrogen-bond acceptors (Lipinski definition) is 4. The summed E-state index contributed by atoms with van der Waals surface area (Å²) in [5.41, 5.74) is -2.45. The van der Waals surface area contributed by atoms with Gasteiger partial charge in [0, 0.05) is 11.8 Å². The second kappa shape index (κ2) is 4.65. The maximum atomic E-state index is 11.9. The van der Waals surface area contributed by atoms with Gasteiger partial charge in [-0.3, -0.25) is 9.59 Å². The van der Waals surface area contributed by atoms with Crippen LogP contribution in [0, 0.1) is 16.7 Å². The van der Waals surface area contributed by atoms with Crippen LogP contribution in [-0.4, -0.2) is 38.8 Å². The van der Waals surface area contributed by atoms with Crippen LogP contribution in [-0.2, 0) is 9.59 Å². The lowest BCUT2D eigenvalue weighted by atomic mass is 9.43. The molecule has 0 amide bonds. The standard InChI is InChI=1S/C17H24O5/c1-15(14(20)21)5-3-6-16(2)13(15)9-12(19)11-8-10(18)4-7-17(11,16)22/h8,12-13,19,22H,3-7,9H2,1-2H3,(H,20,21). The van der Waals surface area contributed by atoms with Crippen molar-refractivity contribution in [2.75, 3.05) is 0 Å². The summed E-state index contributed by atoms with van der Waals surface area (Å²) in [6.45, 7) is 3.67. The highest BCUT2D eigenvalue weighted by molar-refractivity contribution is 5.92. The minimum atomic E-state index is -1.28. The predicted octanol–water partition coefficient (Wildman–Crippen LogP) is 1.67. The zero-order valence-electron chi connectivity index (χ0n) is 13.1. The lowest BCUT2D eigenvalue weighted by Gasteiger charge is -2.62. The number of rotatable bonds is 1. The third kappa shape index (κ3) is 1.78. The molecule has 0 heterocycles. The van der Waals surface area contributed by atoms with Crippen molar-refractivity contribution >= 4 is 11.8 Å². The molecule has 0 aromatic heterocycles. The number of ketones is 1. The molecule has 0 aromatic rings. The van der Waals surface area contributed by atoms with Gasteiger partial charge in [0.05, 0.1) is 17.1 Å². The molecule has 5 nitrogen and oxygen atoms in total. The van der Waals surface area contributed by atoms with Crippen molar-refractivity contribution in [2.45, 2.75) is 64.1 Å². The maximum Gasteiger partial charge on any atom is 0.309 e. The zero-order chi connectivity index (χ0) is 16.3. The van der Waals surface area contributed by atoms with Crippen LogP contribution in [0.3, 0.4) is 0 Å².